The van der Waals surface area contributed by atoms with Crippen molar-refractivity contribution >= 4 is 17.6 Å². The zero-order valence-electron chi connectivity index (χ0n) is 13.1. The Morgan fingerprint density at radius 3 is 2.39 bits per heavy atom. The molecule has 0 saturated heterocycles. The van der Waals surface area contributed by atoms with Crippen molar-refractivity contribution in [2.75, 3.05) is 11.9 Å². The van der Waals surface area contributed by atoms with Crippen molar-refractivity contribution in [1.29, 1.82) is 0 Å². The number of esters is 1. The van der Waals surface area contributed by atoms with Crippen molar-refractivity contribution in [1.82, 2.24) is 0 Å². The van der Waals surface area contributed by atoms with E-state index in [4.69, 9.17) is 9.47 Å². The maximum Gasteiger partial charge on any atom is 0.338 e. The SMILES string of the molecule is CCOc1ccccc1NC(=O)[C@H](C)OC(=O)c1ccccc1. The maximum absolute atomic E-state index is 12.2. The summed E-state index contributed by atoms with van der Waals surface area (Å²) < 4.78 is 10.6. The van der Waals surface area contributed by atoms with Crippen molar-refractivity contribution in [3.05, 3.63) is 60.2 Å². The van der Waals surface area contributed by atoms with E-state index >= 15 is 0 Å². The highest BCUT2D eigenvalue weighted by Crippen LogP contribution is 2.24. The quantitative estimate of drug-likeness (QED) is 0.831. The zero-order chi connectivity index (χ0) is 16.7. The minimum atomic E-state index is -0.919. The lowest BCUT2D eigenvalue weighted by Crippen LogP contribution is -2.30. The van der Waals surface area contributed by atoms with Crippen LogP contribution in [0.2, 0.25) is 0 Å². The number of carbonyl (C=O) groups excluding carboxylic acids is 2. The molecule has 2 aromatic rings. The van der Waals surface area contributed by atoms with E-state index in [2.05, 4.69) is 5.32 Å². The van der Waals surface area contributed by atoms with Gasteiger partial charge in [-0.1, -0.05) is 30.3 Å². The van der Waals surface area contributed by atoms with Crippen molar-refractivity contribution in [2.24, 2.45) is 0 Å². The Hall–Kier alpha value is -2.82. The first-order valence-electron chi connectivity index (χ1n) is 7.40. The van der Waals surface area contributed by atoms with Gasteiger partial charge in [0.1, 0.15) is 5.75 Å². The first-order valence-corrected chi connectivity index (χ1v) is 7.40. The van der Waals surface area contributed by atoms with Gasteiger partial charge in [-0.2, -0.15) is 0 Å². The van der Waals surface area contributed by atoms with Gasteiger partial charge in [-0.3, -0.25) is 4.79 Å². The van der Waals surface area contributed by atoms with Gasteiger partial charge >= 0.3 is 5.97 Å². The minimum Gasteiger partial charge on any atom is -0.492 e. The van der Waals surface area contributed by atoms with Crippen LogP contribution in [0.3, 0.4) is 0 Å². The summed E-state index contributed by atoms with van der Waals surface area (Å²) in [6.45, 7) is 3.88. The lowest BCUT2D eigenvalue weighted by atomic mass is 10.2. The number of amides is 1. The predicted molar refractivity (Wildman–Crippen MR) is 87.6 cm³/mol. The largest absolute Gasteiger partial charge is 0.492 e. The van der Waals surface area contributed by atoms with Crippen LogP contribution in [-0.4, -0.2) is 24.6 Å². The molecule has 1 amide bonds. The molecular weight excluding hydrogens is 294 g/mol. The zero-order valence-corrected chi connectivity index (χ0v) is 13.1. The molecule has 5 nitrogen and oxygen atoms in total. The van der Waals surface area contributed by atoms with Crippen molar-refractivity contribution in [3.63, 3.8) is 0 Å². The summed E-state index contributed by atoms with van der Waals surface area (Å²) in [4.78, 5) is 24.1. The normalized spacial score (nSPS) is 11.4. The molecule has 0 radical (unpaired) electrons. The fraction of sp³-hybridized carbons (Fsp3) is 0.222. The van der Waals surface area contributed by atoms with E-state index in [0.717, 1.165) is 0 Å². The van der Waals surface area contributed by atoms with Crippen molar-refractivity contribution in [3.8, 4) is 5.75 Å². The summed E-state index contributed by atoms with van der Waals surface area (Å²) in [6.07, 6.45) is -0.919. The highest BCUT2D eigenvalue weighted by molar-refractivity contribution is 5.98. The molecule has 0 unspecified atom stereocenters. The molecule has 0 spiro atoms. The standard InChI is InChI=1S/C18H19NO4/c1-3-22-16-12-8-7-11-15(16)19-17(20)13(2)23-18(21)14-9-5-4-6-10-14/h4-13H,3H2,1-2H3,(H,19,20)/t13-/m0/s1. The Kier molecular flexibility index (Phi) is 5.74. The smallest absolute Gasteiger partial charge is 0.338 e. The van der Waals surface area contributed by atoms with Crippen LogP contribution in [0.15, 0.2) is 54.6 Å². The summed E-state index contributed by atoms with van der Waals surface area (Å²) in [7, 11) is 0. The van der Waals surface area contributed by atoms with Gasteiger partial charge < -0.3 is 14.8 Å². The van der Waals surface area contributed by atoms with Gasteiger partial charge in [0.2, 0.25) is 0 Å². The molecule has 1 atom stereocenters. The first kappa shape index (κ1) is 16.5. The lowest BCUT2D eigenvalue weighted by molar-refractivity contribution is -0.123. The molecule has 120 valence electrons. The van der Waals surface area contributed by atoms with Crippen molar-refractivity contribution < 1.29 is 19.1 Å². The summed E-state index contributed by atoms with van der Waals surface area (Å²) in [5, 5.41) is 2.71. The Balaban J connectivity index is 1.99. The van der Waals surface area contributed by atoms with Crippen LogP contribution in [-0.2, 0) is 9.53 Å². The van der Waals surface area contributed by atoms with Gasteiger partial charge in [0.15, 0.2) is 6.10 Å². The Morgan fingerprint density at radius 1 is 1.04 bits per heavy atom. The Labute approximate surface area is 135 Å². The number of carbonyl (C=O) groups is 2. The number of para-hydroxylation sites is 2. The van der Waals surface area contributed by atoms with E-state index < -0.39 is 18.0 Å². The van der Waals surface area contributed by atoms with Gasteiger partial charge in [0.25, 0.3) is 5.91 Å². The molecule has 2 rings (SSSR count). The fourth-order valence-corrected chi connectivity index (χ4v) is 1.94. The number of rotatable bonds is 6. The number of ether oxygens (including phenoxy) is 2. The summed E-state index contributed by atoms with van der Waals surface area (Å²) >= 11 is 0. The van der Waals surface area contributed by atoms with Gasteiger partial charge in [0, 0.05) is 0 Å². The van der Waals surface area contributed by atoms with Crippen LogP contribution in [0, 0.1) is 0 Å². The second-order valence-corrected chi connectivity index (χ2v) is 4.83. The van der Waals surface area contributed by atoms with Crippen LogP contribution >= 0.6 is 0 Å². The molecule has 2 aromatic carbocycles. The fourth-order valence-electron chi connectivity index (χ4n) is 1.94. The lowest BCUT2D eigenvalue weighted by Gasteiger charge is -2.15. The third kappa shape index (κ3) is 4.57. The Morgan fingerprint density at radius 2 is 1.70 bits per heavy atom. The molecule has 23 heavy (non-hydrogen) atoms. The molecule has 0 heterocycles. The van der Waals surface area contributed by atoms with E-state index in [1.165, 1.54) is 6.92 Å². The van der Waals surface area contributed by atoms with E-state index in [1.54, 1.807) is 48.5 Å². The van der Waals surface area contributed by atoms with Crippen LogP contribution in [0.4, 0.5) is 5.69 Å². The van der Waals surface area contributed by atoms with Crippen LogP contribution < -0.4 is 10.1 Å². The van der Waals surface area contributed by atoms with E-state index in [9.17, 15) is 9.59 Å². The number of nitrogens with one attached hydrogen (secondary N) is 1. The third-order valence-corrected chi connectivity index (χ3v) is 3.11. The molecule has 0 saturated carbocycles. The molecule has 5 heteroatoms. The molecule has 0 bridgehead atoms. The summed E-state index contributed by atoms with van der Waals surface area (Å²) in [5.74, 6) is -0.377. The average Bonchev–Trinajstić information content (AvgIpc) is 2.57. The van der Waals surface area contributed by atoms with Crippen LogP contribution in [0.25, 0.3) is 0 Å². The number of benzene rings is 2. The summed E-state index contributed by atoms with van der Waals surface area (Å²) in [6, 6.07) is 15.7. The molecule has 1 N–H and O–H groups in total. The Bertz CT molecular complexity index is 670. The number of anilines is 1. The highest BCUT2D eigenvalue weighted by atomic mass is 16.5. The predicted octanol–water partition coefficient (Wildman–Crippen LogP) is 3.27. The second kappa shape index (κ2) is 7.98. The second-order valence-electron chi connectivity index (χ2n) is 4.83. The van der Waals surface area contributed by atoms with E-state index in [-0.39, 0.29) is 0 Å². The maximum atomic E-state index is 12.2. The minimum absolute atomic E-state index is 0.405. The van der Waals surface area contributed by atoms with Crippen molar-refractivity contribution in [2.45, 2.75) is 20.0 Å². The number of hydrogen-bond donors (Lipinski definition) is 1. The van der Waals surface area contributed by atoms with Crippen LogP contribution in [0.5, 0.6) is 5.75 Å². The van der Waals surface area contributed by atoms with E-state index in [0.29, 0.717) is 23.6 Å². The summed E-state index contributed by atoms with van der Waals surface area (Å²) in [5.41, 5.74) is 0.948. The molecular formula is C18H19NO4. The third-order valence-electron chi connectivity index (χ3n) is 3.11. The van der Waals surface area contributed by atoms with Gasteiger partial charge in [-0.05, 0) is 38.1 Å². The molecule has 0 fully saturated rings. The molecule has 0 aromatic heterocycles. The van der Waals surface area contributed by atoms with Crippen LogP contribution in [0.1, 0.15) is 24.2 Å². The first-order chi connectivity index (χ1) is 11.1. The van der Waals surface area contributed by atoms with Gasteiger partial charge in [-0.15, -0.1) is 0 Å². The molecule has 0 aliphatic carbocycles. The monoisotopic (exact) mass is 313 g/mol. The topological polar surface area (TPSA) is 64.6 Å². The number of hydrogen-bond acceptors (Lipinski definition) is 4. The van der Waals surface area contributed by atoms with Gasteiger partial charge in [-0.25, -0.2) is 4.79 Å². The van der Waals surface area contributed by atoms with E-state index in [1.807, 2.05) is 13.0 Å². The molecule has 0 aliphatic rings. The highest BCUT2D eigenvalue weighted by Gasteiger charge is 2.19. The van der Waals surface area contributed by atoms with Gasteiger partial charge in [0.05, 0.1) is 17.9 Å². The molecule has 0 aliphatic heterocycles. The average molecular weight is 313 g/mol.